The quantitative estimate of drug-likeness (QED) is 0.742. The van der Waals surface area contributed by atoms with Crippen LogP contribution in [-0.2, 0) is 23.6 Å². The summed E-state index contributed by atoms with van der Waals surface area (Å²) < 4.78 is 7.40. The number of aromatic nitrogens is 2. The Kier molecular flexibility index (Phi) is 4.97. The molecule has 2 atom stereocenters. The number of hydrogen-bond donors (Lipinski definition) is 0. The van der Waals surface area contributed by atoms with Crippen LogP contribution >= 0.6 is 0 Å². The molecule has 0 fully saturated rings. The molecule has 2 heterocycles. The molecule has 0 aliphatic carbocycles. The van der Waals surface area contributed by atoms with Crippen molar-refractivity contribution in [3.8, 4) is 0 Å². The van der Waals surface area contributed by atoms with Gasteiger partial charge in [0, 0.05) is 45.5 Å². The molecule has 3 rings (SSSR count). The molecule has 28 heavy (non-hydrogen) atoms. The minimum Gasteiger partial charge on any atom is -0.468 e. The largest absolute Gasteiger partial charge is 0.468 e. The van der Waals surface area contributed by atoms with Gasteiger partial charge < -0.3 is 9.64 Å². The topological polar surface area (TPSA) is 85.9 Å². The maximum atomic E-state index is 13.0. The molecule has 2 unspecified atom stereocenters. The number of carbonyl (C=O) groups excluding carboxylic acids is 1. The number of anilines is 1. The first kappa shape index (κ1) is 19.6. The molecule has 148 valence electrons. The van der Waals surface area contributed by atoms with Crippen LogP contribution in [-0.4, -0.2) is 42.0 Å². The van der Waals surface area contributed by atoms with Crippen molar-refractivity contribution in [2.75, 3.05) is 26.1 Å². The SMILES string of the molecule is COC(=O)C1C(C)=Nc2c(c(=O)n(C)c(=O)n2C)C1c1ccc(N(C)C)cc1. The van der Waals surface area contributed by atoms with Gasteiger partial charge in [-0.25, -0.2) is 9.79 Å². The smallest absolute Gasteiger partial charge is 0.332 e. The maximum Gasteiger partial charge on any atom is 0.332 e. The summed E-state index contributed by atoms with van der Waals surface area (Å²) in [7, 11) is 8.18. The van der Waals surface area contributed by atoms with Crippen molar-refractivity contribution in [2.45, 2.75) is 12.8 Å². The van der Waals surface area contributed by atoms with E-state index < -0.39 is 29.1 Å². The third kappa shape index (κ3) is 2.94. The van der Waals surface area contributed by atoms with Gasteiger partial charge in [0.25, 0.3) is 5.56 Å². The predicted octanol–water partition coefficient (Wildman–Crippen LogP) is 1.18. The van der Waals surface area contributed by atoms with Gasteiger partial charge in [-0.15, -0.1) is 0 Å². The summed E-state index contributed by atoms with van der Waals surface area (Å²) >= 11 is 0. The van der Waals surface area contributed by atoms with Gasteiger partial charge in [-0.2, -0.15) is 0 Å². The molecule has 0 radical (unpaired) electrons. The van der Waals surface area contributed by atoms with Crippen molar-refractivity contribution in [3.63, 3.8) is 0 Å². The molecule has 0 bridgehead atoms. The molecule has 1 aromatic heterocycles. The third-order valence-electron chi connectivity index (χ3n) is 5.27. The number of carbonyl (C=O) groups is 1. The van der Waals surface area contributed by atoms with Gasteiger partial charge in [0.05, 0.1) is 12.7 Å². The zero-order valence-electron chi connectivity index (χ0n) is 16.9. The summed E-state index contributed by atoms with van der Waals surface area (Å²) in [6.45, 7) is 1.72. The fraction of sp³-hybridized carbons (Fsp3) is 0.400. The van der Waals surface area contributed by atoms with Crippen LogP contribution in [0.3, 0.4) is 0 Å². The van der Waals surface area contributed by atoms with E-state index >= 15 is 0 Å². The van der Waals surface area contributed by atoms with Crippen LogP contribution in [0.2, 0.25) is 0 Å². The molecule has 8 heteroatoms. The van der Waals surface area contributed by atoms with Crippen molar-refractivity contribution in [1.29, 1.82) is 0 Å². The van der Waals surface area contributed by atoms with Gasteiger partial charge in [-0.1, -0.05) is 12.1 Å². The molecule has 1 aliphatic heterocycles. The summed E-state index contributed by atoms with van der Waals surface area (Å²) in [5.74, 6) is -1.52. The summed E-state index contributed by atoms with van der Waals surface area (Å²) in [5, 5.41) is 0. The van der Waals surface area contributed by atoms with E-state index in [0.29, 0.717) is 11.3 Å². The third-order valence-corrected chi connectivity index (χ3v) is 5.27. The normalized spacial score (nSPS) is 18.3. The Morgan fingerprint density at radius 1 is 1.11 bits per heavy atom. The Bertz CT molecular complexity index is 1080. The van der Waals surface area contributed by atoms with E-state index in [1.165, 1.54) is 18.7 Å². The van der Waals surface area contributed by atoms with E-state index in [-0.39, 0.29) is 5.82 Å². The number of hydrogen-bond acceptors (Lipinski definition) is 6. The lowest BCUT2D eigenvalue weighted by Crippen LogP contribution is -2.44. The van der Waals surface area contributed by atoms with E-state index in [9.17, 15) is 14.4 Å². The Hall–Kier alpha value is -3.16. The Labute approximate surface area is 162 Å². The van der Waals surface area contributed by atoms with Crippen LogP contribution in [0.1, 0.15) is 24.0 Å². The summed E-state index contributed by atoms with van der Waals surface area (Å²) in [4.78, 5) is 44.4. The van der Waals surface area contributed by atoms with Gasteiger partial charge in [0.1, 0.15) is 11.7 Å². The van der Waals surface area contributed by atoms with Crippen molar-refractivity contribution in [2.24, 2.45) is 25.0 Å². The van der Waals surface area contributed by atoms with Gasteiger partial charge in [0.15, 0.2) is 0 Å². The zero-order valence-corrected chi connectivity index (χ0v) is 16.9. The lowest BCUT2D eigenvalue weighted by atomic mass is 9.77. The van der Waals surface area contributed by atoms with E-state index in [0.717, 1.165) is 15.8 Å². The van der Waals surface area contributed by atoms with Crippen LogP contribution < -0.4 is 16.1 Å². The molecule has 0 amide bonds. The van der Waals surface area contributed by atoms with Gasteiger partial charge >= 0.3 is 11.7 Å². The van der Waals surface area contributed by atoms with Crippen molar-refractivity contribution in [1.82, 2.24) is 9.13 Å². The molecule has 0 N–H and O–H groups in total. The lowest BCUT2D eigenvalue weighted by Gasteiger charge is -2.31. The highest BCUT2D eigenvalue weighted by molar-refractivity contribution is 6.04. The molecule has 0 saturated heterocycles. The minimum absolute atomic E-state index is 0.285. The molecule has 2 aromatic rings. The number of fused-ring (bicyclic) bond motifs is 1. The number of methoxy groups -OCH3 is 1. The van der Waals surface area contributed by atoms with E-state index in [1.54, 1.807) is 14.0 Å². The second kappa shape index (κ2) is 7.10. The average Bonchev–Trinajstić information content (AvgIpc) is 2.69. The van der Waals surface area contributed by atoms with Crippen molar-refractivity contribution < 1.29 is 9.53 Å². The standard InChI is InChI=1S/C20H24N4O4/c1-11-14(19(26)28-6)15(12-7-9-13(10-8-12)22(2)3)16-17(21-11)23(4)20(27)24(5)18(16)25/h7-10,14-15H,1-6H3. The lowest BCUT2D eigenvalue weighted by molar-refractivity contribution is -0.143. The van der Waals surface area contributed by atoms with Crippen LogP contribution in [0.4, 0.5) is 11.5 Å². The first-order valence-electron chi connectivity index (χ1n) is 8.89. The van der Waals surface area contributed by atoms with E-state index in [1.807, 2.05) is 43.3 Å². The van der Waals surface area contributed by atoms with Crippen molar-refractivity contribution >= 4 is 23.2 Å². The van der Waals surface area contributed by atoms with E-state index in [4.69, 9.17) is 4.74 Å². The zero-order chi connectivity index (χ0) is 20.7. The summed E-state index contributed by atoms with van der Waals surface area (Å²) in [6.07, 6.45) is 0. The molecular formula is C20H24N4O4. The highest BCUT2D eigenvalue weighted by Crippen LogP contribution is 2.40. The Morgan fingerprint density at radius 3 is 2.25 bits per heavy atom. The molecule has 1 aliphatic rings. The fourth-order valence-corrected chi connectivity index (χ4v) is 3.68. The van der Waals surface area contributed by atoms with Gasteiger partial charge in [0.2, 0.25) is 0 Å². The number of aliphatic imine (C=N–C) groups is 1. The van der Waals surface area contributed by atoms with Crippen molar-refractivity contribution in [3.05, 3.63) is 56.2 Å². The average molecular weight is 384 g/mol. The Morgan fingerprint density at radius 2 is 1.71 bits per heavy atom. The number of ether oxygens (including phenoxy) is 1. The molecule has 0 saturated carbocycles. The van der Waals surface area contributed by atoms with Crippen LogP contribution in [0.25, 0.3) is 0 Å². The highest BCUT2D eigenvalue weighted by Gasteiger charge is 2.41. The van der Waals surface area contributed by atoms with Crippen LogP contribution in [0.5, 0.6) is 0 Å². The number of benzene rings is 1. The molecule has 0 spiro atoms. The molecule has 8 nitrogen and oxygen atoms in total. The predicted molar refractivity (Wildman–Crippen MR) is 108 cm³/mol. The maximum absolute atomic E-state index is 13.0. The number of esters is 1. The number of nitrogens with zero attached hydrogens (tertiary/aromatic N) is 4. The van der Waals surface area contributed by atoms with Gasteiger partial charge in [-0.05, 0) is 24.6 Å². The fourth-order valence-electron chi connectivity index (χ4n) is 3.68. The Balaban J connectivity index is 2.34. The van der Waals surface area contributed by atoms with Gasteiger partial charge in [-0.3, -0.25) is 18.7 Å². The first-order valence-corrected chi connectivity index (χ1v) is 8.89. The second-order valence-electron chi connectivity index (χ2n) is 7.16. The second-order valence-corrected chi connectivity index (χ2v) is 7.16. The highest BCUT2D eigenvalue weighted by atomic mass is 16.5. The molecular weight excluding hydrogens is 360 g/mol. The summed E-state index contributed by atoms with van der Waals surface area (Å²) in [5.41, 5.74) is 1.69. The monoisotopic (exact) mass is 384 g/mol. The molecule has 1 aromatic carbocycles. The van der Waals surface area contributed by atoms with Crippen LogP contribution in [0, 0.1) is 5.92 Å². The van der Waals surface area contributed by atoms with Crippen LogP contribution in [0.15, 0.2) is 38.8 Å². The van der Waals surface area contributed by atoms with E-state index in [2.05, 4.69) is 4.99 Å². The first-order chi connectivity index (χ1) is 13.2. The summed E-state index contributed by atoms with van der Waals surface area (Å²) in [6, 6.07) is 7.64. The number of rotatable bonds is 3. The minimum atomic E-state index is -0.743.